The number of aromatic nitrogens is 2. The normalized spacial score (nSPS) is 21.5. The van der Waals surface area contributed by atoms with E-state index in [1.807, 2.05) is 0 Å². The van der Waals surface area contributed by atoms with E-state index in [0.29, 0.717) is 13.0 Å². The summed E-state index contributed by atoms with van der Waals surface area (Å²) in [5.41, 5.74) is 5.66. The number of carbonyl (C=O) groups is 1. The Balaban J connectivity index is 2.42. The summed E-state index contributed by atoms with van der Waals surface area (Å²) >= 11 is 0. The summed E-state index contributed by atoms with van der Waals surface area (Å²) in [6.45, 7) is 1.99. The molecule has 0 saturated carbocycles. The Morgan fingerprint density at radius 3 is 2.84 bits per heavy atom. The number of sulfonamides is 1. The molecule has 0 amide bonds. The van der Waals surface area contributed by atoms with Crippen LogP contribution in [0.1, 0.15) is 28.9 Å². The highest BCUT2D eigenvalue weighted by Crippen LogP contribution is 2.23. The molecule has 8 nitrogen and oxygen atoms in total. The van der Waals surface area contributed by atoms with Gasteiger partial charge in [-0.3, -0.25) is 5.10 Å². The van der Waals surface area contributed by atoms with E-state index >= 15 is 0 Å². The van der Waals surface area contributed by atoms with E-state index in [4.69, 9.17) is 10.8 Å². The van der Waals surface area contributed by atoms with Crippen molar-refractivity contribution >= 4 is 16.0 Å². The van der Waals surface area contributed by atoms with Gasteiger partial charge in [-0.25, -0.2) is 13.2 Å². The minimum absolute atomic E-state index is 0.188. The molecule has 1 fully saturated rings. The van der Waals surface area contributed by atoms with E-state index in [1.54, 1.807) is 0 Å². The monoisotopic (exact) mass is 288 g/mol. The number of H-pyrrole nitrogens is 1. The Morgan fingerprint density at radius 2 is 2.26 bits per heavy atom. The standard InChI is InChI=1S/C10H16N4O4S/c1-6-8(10(15)16)9(13-12-6)19(17,18)14-4-2-3-7(11)5-14/h7H,2-5,11H2,1H3,(H,12,13)(H,15,16). The van der Waals surface area contributed by atoms with Crippen molar-refractivity contribution in [3.8, 4) is 0 Å². The number of hydrogen-bond donors (Lipinski definition) is 3. The predicted octanol–water partition coefficient (Wildman–Crippen LogP) is -0.472. The number of aryl methyl sites for hydroxylation is 1. The Kier molecular flexibility index (Phi) is 3.61. The fraction of sp³-hybridized carbons (Fsp3) is 0.600. The smallest absolute Gasteiger partial charge is 0.340 e. The molecule has 0 radical (unpaired) electrons. The largest absolute Gasteiger partial charge is 0.478 e. The molecule has 19 heavy (non-hydrogen) atoms. The Hall–Kier alpha value is -1.45. The third kappa shape index (κ3) is 2.48. The maximum absolute atomic E-state index is 12.4. The van der Waals surface area contributed by atoms with Crippen LogP contribution >= 0.6 is 0 Å². The second-order valence-electron chi connectivity index (χ2n) is 4.60. The zero-order valence-electron chi connectivity index (χ0n) is 10.5. The molecule has 0 aliphatic carbocycles. The number of rotatable bonds is 3. The van der Waals surface area contributed by atoms with Crippen LogP contribution in [0.3, 0.4) is 0 Å². The van der Waals surface area contributed by atoms with E-state index in [-0.39, 0.29) is 23.8 Å². The second kappa shape index (κ2) is 4.91. The van der Waals surface area contributed by atoms with Crippen molar-refractivity contribution in [2.45, 2.75) is 30.8 Å². The predicted molar refractivity (Wildman–Crippen MR) is 66.3 cm³/mol. The van der Waals surface area contributed by atoms with Crippen LogP contribution in [0.15, 0.2) is 5.03 Å². The van der Waals surface area contributed by atoms with Crippen molar-refractivity contribution in [1.29, 1.82) is 0 Å². The quantitative estimate of drug-likeness (QED) is 0.689. The van der Waals surface area contributed by atoms with Gasteiger partial charge >= 0.3 is 5.97 Å². The molecule has 1 saturated heterocycles. The molecule has 1 aliphatic rings. The minimum Gasteiger partial charge on any atom is -0.478 e. The molecule has 1 atom stereocenters. The zero-order valence-corrected chi connectivity index (χ0v) is 11.3. The van der Waals surface area contributed by atoms with Gasteiger partial charge in [-0.1, -0.05) is 0 Å². The summed E-state index contributed by atoms with van der Waals surface area (Å²) in [6.07, 6.45) is 1.42. The number of nitrogens with one attached hydrogen (secondary N) is 1. The lowest BCUT2D eigenvalue weighted by molar-refractivity contribution is 0.0691. The average molecular weight is 288 g/mol. The van der Waals surface area contributed by atoms with Gasteiger partial charge in [0.05, 0.1) is 0 Å². The lowest BCUT2D eigenvalue weighted by Gasteiger charge is -2.29. The summed E-state index contributed by atoms with van der Waals surface area (Å²) < 4.78 is 26.0. The topological polar surface area (TPSA) is 129 Å². The number of nitrogens with zero attached hydrogens (tertiary/aromatic N) is 2. The summed E-state index contributed by atoms with van der Waals surface area (Å²) in [5, 5.41) is 14.7. The van der Waals surface area contributed by atoms with Crippen molar-refractivity contribution in [2.75, 3.05) is 13.1 Å². The summed E-state index contributed by atoms with van der Waals surface area (Å²) in [5.74, 6) is -1.31. The van der Waals surface area contributed by atoms with Crippen LogP contribution < -0.4 is 5.73 Å². The molecule has 4 N–H and O–H groups in total. The first-order chi connectivity index (χ1) is 8.84. The Labute approximate surface area is 110 Å². The van der Waals surface area contributed by atoms with Gasteiger partial charge in [0.15, 0.2) is 0 Å². The van der Waals surface area contributed by atoms with Crippen LogP contribution in [0.25, 0.3) is 0 Å². The maximum Gasteiger partial charge on any atom is 0.340 e. The van der Waals surface area contributed by atoms with Gasteiger partial charge in [-0.15, -0.1) is 0 Å². The minimum atomic E-state index is -3.92. The summed E-state index contributed by atoms with van der Waals surface area (Å²) in [4.78, 5) is 11.1. The van der Waals surface area contributed by atoms with Crippen molar-refractivity contribution in [2.24, 2.45) is 5.73 Å². The van der Waals surface area contributed by atoms with Gasteiger partial charge in [0.25, 0.3) is 10.0 Å². The van der Waals surface area contributed by atoms with E-state index < -0.39 is 21.0 Å². The molecule has 106 valence electrons. The molecule has 1 unspecified atom stereocenters. The van der Waals surface area contributed by atoms with E-state index in [9.17, 15) is 13.2 Å². The lowest BCUT2D eigenvalue weighted by Crippen LogP contribution is -2.46. The van der Waals surface area contributed by atoms with Gasteiger partial charge < -0.3 is 10.8 Å². The number of nitrogens with two attached hydrogens (primary N) is 1. The van der Waals surface area contributed by atoms with Crippen molar-refractivity contribution in [3.63, 3.8) is 0 Å². The SMILES string of the molecule is Cc1[nH]nc(S(=O)(=O)N2CCCC(N)C2)c1C(=O)O. The molecule has 0 bridgehead atoms. The Bertz CT molecular complexity index is 595. The van der Waals surface area contributed by atoms with Crippen LogP contribution in [0.4, 0.5) is 0 Å². The molecule has 1 aliphatic heterocycles. The molecule has 2 heterocycles. The van der Waals surface area contributed by atoms with Gasteiger partial charge in [0.1, 0.15) is 5.56 Å². The number of aromatic amines is 1. The maximum atomic E-state index is 12.4. The van der Waals surface area contributed by atoms with Crippen LogP contribution in [0.5, 0.6) is 0 Å². The number of carboxylic acids is 1. The van der Waals surface area contributed by atoms with E-state index in [0.717, 1.165) is 6.42 Å². The first kappa shape index (κ1) is 14.0. The van der Waals surface area contributed by atoms with Gasteiger partial charge in [-0.2, -0.15) is 9.40 Å². The Morgan fingerprint density at radius 1 is 1.58 bits per heavy atom. The fourth-order valence-corrected chi connectivity index (χ4v) is 3.82. The molecular weight excluding hydrogens is 272 g/mol. The van der Waals surface area contributed by atoms with Gasteiger partial charge in [-0.05, 0) is 19.8 Å². The highest BCUT2D eigenvalue weighted by atomic mass is 32.2. The van der Waals surface area contributed by atoms with Crippen molar-refractivity contribution in [1.82, 2.24) is 14.5 Å². The molecular formula is C10H16N4O4S. The van der Waals surface area contributed by atoms with Crippen LogP contribution in [-0.4, -0.2) is 53.1 Å². The lowest BCUT2D eigenvalue weighted by atomic mass is 10.1. The summed E-state index contributed by atoms with van der Waals surface area (Å²) in [6, 6.07) is -0.225. The molecule has 2 rings (SSSR count). The van der Waals surface area contributed by atoms with Gasteiger partial charge in [0.2, 0.25) is 5.03 Å². The highest BCUT2D eigenvalue weighted by molar-refractivity contribution is 7.89. The molecule has 0 aromatic carbocycles. The van der Waals surface area contributed by atoms with Crippen molar-refractivity contribution in [3.05, 3.63) is 11.3 Å². The second-order valence-corrected chi connectivity index (χ2v) is 6.45. The first-order valence-electron chi connectivity index (χ1n) is 5.88. The third-order valence-electron chi connectivity index (χ3n) is 3.13. The highest BCUT2D eigenvalue weighted by Gasteiger charge is 2.35. The molecule has 0 spiro atoms. The zero-order chi connectivity index (χ0) is 14.2. The van der Waals surface area contributed by atoms with Crippen LogP contribution in [0, 0.1) is 6.92 Å². The molecule has 1 aromatic heterocycles. The number of carboxylic acid groups (broad SMARTS) is 1. The number of piperidine rings is 1. The first-order valence-corrected chi connectivity index (χ1v) is 7.32. The van der Waals surface area contributed by atoms with Gasteiger partial charge in [0, 0.05) is 24.8 Å². The van der Waals surface area contributed by atoms with Crippen LogP contribution in [0.2, 0.25) is 0 Å². The average Bonchev–Trinajstić information content (AvgIpc) is 2.72. The molecule has 9 heteroatoms. The third-order valence-corrected chi connectivity index (χ3v) is 4.93. The van der Waals surface area contributed by atoms with E-state index in [2.05, 4.69) is 10.2 Å². The van der Waals surface area contributed by atoms with Crippen LogP contribution in [-0.2, 0) is 10.0 Å². The van der Waals surface area contributed by atoms with Crippen molar-refractivity contribution < 1.29 is 18.3 Å². The molecule has 1 aromatic rings. The van der Waals surface area contributed by atoms with E-state index in [1.165, 1.54) is 11.2 Å². The number of hydrogen-bond acceptors (Lipinski definition) is 5. The summed E-state index contributed by atoms with van der Waals surface area (Å²) in [7, 11) is -3.92. The number of aromatic carboxylic acids is 1. The fourth-order valence-electron chi connectivity index (χ4n) is 2.16.